The first-order valence-corrected chi connectivity index (χ1v) is 11.9. The number of methoxy groups -OCH3 is 1. The normalized spacial score (nSPS) is 10.9. The molecule has 0 aliphatic carbocycles. The third-order valence-corrected chi connectivity index (χ3v) is 6.61. The summed E-state index contributed by atoms with van der Waals surface area (Å²) in [6, 6.07) is 11.5. The number of anilines is 1. The van der Waals surface area contributed by atoms with Gasteiger partial charge in [-0.25, -0.2) is 9.97 Å². The zero-order valence-electron chi connectivity index (χ0n) is 17.6. The molecule has 4 aromatic rings. The van der Waals surface area contributed by atoms with E-state index in [9.17, 15) is 4.79 Å². The van der Waals surface area contributed by atoms with E-state index in [0.717, 1.165) is 11.3 Å². The van der Waals surface area contributed by atoms with Crippen LogP contribution in [0.1, 0.15) is 11.1 Å². The summed E-state index contributed by atoms with van der Waals surface area (Å²) in [6.07, 6.45) is 0. The summed E-state index contributed by atoms with van der Waals surface area (Å²) in [6.45, 7) is 4.15. The topological polar surface area (TPSA) is 92.8 Å². The van der Waals surface area contributed by atoms with E-state index in [0.29, 0.717) is 32.4 Å². The lowest BCUT2D eigenvalue weighted by Crippen LogP contribution is -2.13. The van der Waals surface area contributed by atoms with Crippen molar-refractivity contribution in [3.05, 3.63) is 57.9 Å². The first-order chi connectivity index (χ1) is 15.4. The minimum absolute atomic E-state index is 0.155. The van der Waals surface area contributed by atoms with Crippen LogP contribution in [-0.4, -0.2) is 38.9 Å². The molecule has 0 aliphatic heterocycles. The molecule has 7 nitrogen and oxygen atoms in total. The summed E-state index contributed by atoms with van der Waals surface area (Å²) in [5.41, 5.74) is 5.02. The van der Waals surface area contributed by atoms with Gasteiger partial charge in [0.25, 0.3) is 0 Å². The van der Waals surface area contributed by atoms with Gasteiger partial charge < -0.3 is 10.1 Å². The molecular weight excluding hydrogens is 466 g/mol. The fourth-order valence-corrected chi connectivity index (χ4v) is 4.45. The van der Waals surface area contributed by atoms with Gasteiger partial charge in [0.05, 0.1) is 24.1 Å². The van der Waals surface area contributed by atoms with Gasteiger partial charge >= 0.3 is 0 Å². The van der Waals surface area contributed by atoms with Gasteiger partial charge in [-0.1, -0.05) is 35.5 Å². The van der Waals surface area contributed by atoms with Crippen molar-refractivity contribution in [1.82, 2.24) is 20.2 Å². The second kappa shape index (κ2) is 9.72. The molecule has 4 rings (SSSR count). The van der Waals surface area contributed by atoms with Crippen LogP contribution in [0.15, 0.2) is 46.9 Å². The highest BCUT2D eigenvalue weighted by Gasteiger charge is 2.14. The van der Waals surface area contributed by atoms with E-state index < -0.39 is 0 Å². The Balaban J connectivity index is 1.37. The number of aromatic amines is 1. The van der Waals surface area contributed by atoms with Crippen LogP contribution in [-0.2, 0) is 4.79 Å². The van der Waals surface area contributed by atoms with E-state index in [1.54, 1.807) is 25.3 Å². The number of halogens is 1. The largest absolute Gasteiger partial charge is 0.496 e. The molecule has 2 heterocycles. The number of aromatic nitrogens is 4. The Bertz CT molecular complexity index is 1270. The van der Waals surface area contributed by atoms with Gasteiger partial charge in [-0.3, -0.25) is 9.89 Å². The Hall–Kier alpha value is -2.88. The second-order valence-electron chi connectivity index (χ2n) is 6.98. The van der Waals surface area contributed by atoms with Crippen molar-refractivity contribution in [2.75, 3.05) is 18.2 Å². The molecule has 0 bridgehead atoms. The van der Waals surface area contributed by atoms with Crippen LogP contribution >= 0.6 is 34.7 Å². The number of H-pyrrole nitrogens is 1. The molecule has 0 saturated heterocycles. The maximum Gasteiger partial charge on any atom is 0.236 e. The molecule has 0 spiro atoms. The minimum Gasteiger partial charge on any atom is -0.496 e. The van der Waals surface area contributed by atoms with Gasteiger partial charge in [0.2, 0.25) is 11.1 Å². The Morgan fingerprint density at radius 1 is 1.19 bits per heavy atom. The predicted octanol–water partition coefficient (Wildman–Crippen LogP) is 5.60. The molecule has 10 heteroatoms. The number of thioether (sulfide) groups is 1. The second-order valence-corrected chi connectivity index (χ2v) is 9.22. The van der Waals surface area contributed by atoms with E-state index in [2.05, 4.69) is 51.5 Å². The molecule has 0 saturated carbocycles. The van der Waals surface area contributed by atoms with Crippen molar-refractivity contribution in [2.45, 2.75) is 19.0 Å². The average molecular weight is 486 g/mol. The number of rotatable bonds is 7. The van der Waals surface area contributed by atoms with E-state index in [1.165, 1.54) is 34.2 Å². The molecule has 2 aromatic heterocycles. The standard InChI is InChI=1S/C22H20ClN5O2S2/c1-12-4-5-14(8-13(12)2)17-10-31-21(24-17)25-19(29)11-32-22-26-20(27-28-22)16-9-15(23)6-7-18(16)30-3/h4-10H,11H2,1-3H3,(H,24,25,29)(H,26,27,28). The van der Waals surface area contributed by atoms with E-state index in [-0.39, 0.29) is 11.7 Å². The summed E-state index contributed by atoms with van der Waals surface area (Å²) in [7, 11) is 1.58. The number of thiazole rings is 1. The highest BCUT2D eigenvalue weighted by atomic mass is 35.5. The third-order valence-electron chi connectivity index (χ3n) is 4.77. The zero-order chi connectivity index (χ0) is 22.7. The number of hydrogen-bond acceptors (Lipinski definition) is 7. The Labute approximate surface area is 198 Å². The van der Waals surface area contributed by atoms with Crippen LogP contribution in [0.2, 0.25) is 5.02 Å². The minimum atomic E-state index is -0.178. The number of ether oxygens (including phenoxy) is 1. The van der Waals surface area contributed by atoms with E-state index in [1.807, 2.05) is 11.4 Å². The zero-order valence-corrected chi connectivity index (χ0v) is 20.0. The molecule has 32 heavy (non-hydrogen) atoms. The van der Waals surface area contributed by atoms with Crippen molar-refractivity contribution in [2.24, 2.45) is 0 Å². The number of carbonyl (C=O) groups is 1. The van der Waals surface area contributed by atoms with Gasteiger partial charge in [-0.2, -0.15) is 0 Å². The maximum absolute atomic E-state index is 12.4. The lowest BCUT2D eigenvalue weighted by molar-refractivity contribution is -0.113. The molecule has 0 fully saturated rings. The molecule has 1 amide bonds. The number of benzene rings is 2. The Kier molecular flexibility index (Phi) is 6.78. The van der Waals surface area contributed by atoms with Gasteiger partial charge in [-0.05, 0) is 49.2 Å². The Morgan fingerprint density at radius 2 is 2.03 bits per heavy atom. The molecule has 0 atom stereocenters. The third kappa shape index (κ3) is 5.12. The number of carbonyl (C=O) groups excluding carboxylic acids is 1. The van der Waals surface area contributed by atoms with Crippen LogP contribution < -0.4 is 10.1 Å². The number of amides is 1. The molecule has 2 N–H and O–H groups in total. The van der Waals surface area contributed by atoms with Crippen LogP contribution in [0.3, 0.4) is 0 Å². The van der Waals surface area contributed by atoms with Crippen molar-refractivity contribution in [1.29, 1.82) is 0 Å². The smallest absolute Gasteiger partial charge is 0.236 e. The van der Waals surface area contributed by atoms with Crippen molar-refractivity contribution in [3.8, 4) is 28.4 Å². The SMILES string of the molecule is COc1ccc(Cl)cc1-c1nc(SCC(=O)Nc2nc(-c3ccc(C)c(C)c3)cs2)n[nH]1. The summed E-state index contributed by atoms with van der Waals surface area (Å²) < 4.78 is 5.35. The van der Waals surface area contributed by atoms with Gasteiger partial charge in [0.1, 0.15) is 5.75 Å². The summed E-state index contributed by atoms with van der Waals surface area (Å²) >= 11 is 8.71. The number of nitrogens with one attached hydrogen (secondary N) is 2. The highest BCUT2D eigenvalue weighted by molar-refractivity contribution is 7.99. The maximum atomic E-state index is 12.4. The van der Waals surface area contributed by atoms with E-state index in [4.69, 9.17) is 16.3 Å². The fourth-order valence-electron chi connectivity index (χ4n) is 2.95. The monoisotopic (exact) mass is 485 g/mol. The van der Waals surface area contributed by atoms with Gasteiger partial charge in [0.15, 0.2) is 11.0 Å². The predicted molar refractivity (Wildman–Crippen MR) is 130 cm³/mol. The average Bonchev–Trinajstić information content (AvgIpc) is 3.44. The van der Waals surface area contributed by atoms with Crippen LogP contribution in [0, 0.1) is 13.8 Å². The lowest BCUT2D eigenvalue weighted by atomic mass is 10.1. The highest BCUT2D eigenvalue weighted by Crippen LogP contribution is 2.31. The number of aryl methyl sites for hydroxylation is 2. The first kappa shape index (κ1) is 22.3. The molecule has 164 valence electrons. The van der Waals surface area contributed by atoms with Crippen molar-refractivity contribution >= 4 is 45.7 Å². The first-order valence-electron chi connectivity index (χ1n) is 9.65. The quantitative estimate of drug-likeness (QED) is 0.331. The summed E-state index contributed by atoms with van der Waals surface area (Å²) in [5.74, 6) is 1.12. The van der Waals surface area contributed by atoms with Crippen LogP contribution in [0.4, 0.5) is 5.13 Å². The molecular formula is C22H20ClN5O2S2. The van der Waals surface area contributed by atoms with E-state index >= 15 is 0 Å². The van der Waals surface area contributed by atoms with Crippen LogP contribution in [0.25, 0.3) is 22.6 Å². The molecule has 0 aliphatic rings. The number of nitrogens with zero attached hydrogens (tertiary/aromatic N) is 3. The summed E-state index contributed by atoms with van der Waals surface area (Å²) in [5, 5.41) is 13.4. The summed E-state index contributed by atoms with van der Waals surface area (Å²) in [4.78, 5) is 21.3. The fraction of sp³-hybridized carbons (Fsp3) is 0.182. The number of hydrogen-bond donors (Lipinski definition) is 2. The van der Waals surface area contributed by atoms with Crippen molar-refractivity contribution < 1.29 is 9.53 Å². The molecule has 0 unspecified atom stereocenters. The lowest BCUT2D eigenvalue weighted by Gasteiger charge is -2.05. The molecule has 2 aromatic carbocycles. The molecule has 0 radical (unpaired) electrons. The van der Waals surface area contributed by atoms with Gasteiger partial charge in [0, 0.05) is 16.0 Å². The van der Waals surface area contributed by atoms with Crippen molar-refractivity contribution in [3.63, 3.8) is 0 Å². The Morgan fingerprint density at radius 3 is 2.81 bits per heavy atom. The van der Waals surface area contributed by atoms with Crippen LogP contribution in [0.5, 0.6) is 5.75 Å². The van der Waals surface area contributed by atoms with Gasteiger partial charge in [-0.15, -0.1) is 16.4 Å².